The lowest BCUT2D eigenvalue weighted by Crippen LogP contribution is -2.37. The van der Waals surface area contributed by atoms with E-state index in [1.165, 1.54) is 32.4 Å². The van der Waals surface area contributed by atoms with Crippen LogP contribution in [0.4, 0.5) is 0 Å². The molecule has 2 heteroatoms. The smallest absolute Gasteiger partial charge is 0.0697 e. The average Bonchev–Trinajstić information content (AvgIpc) is 2.06. The van der Waals surface area contributed by atoms with Gasteiger partial charge in [-0.3, -0.25) is 0 Å². The highest BCUT2D eigenvalue weighted by Gasteiger charge is 2.21. The van der Waals surface area contributed by atoms with Gasteiger partial charge in [-0.15, -0.1) is 0 Å². The van der Waals surface area contributed by atoms with Gasteiger partial charge in [0.1, 0.15) is 0 Å². The quantitative estimate of drug-likeness (QED) is 0.627. The van der Waals surface area contributed by atoms with E-state index in [9.17, 15) is 0 Å². The van der Waals surface area contributed by atoms with E-state index < -0.39 is 0 Å². The summed E-state index contributed by atoms with van der Waals surface area (Å²) in [5.74, 6) is 0. The highest BCUT2D eigenvalue weighted by Crippen LogP contribution is 2.18. The van der Waals surface area contributed by atoms with Crippen molar-refractivity contribution < 1.29 is 0 Å². The van der Waals surface area contributed by atoms with E-state index >= 15 is 0 Å². The van der Waals surface area contributed by atoms with Gasteiger partial charge in [-0.1, -0.05) is 6.42 Å². The molecule has 1 aliphatic rings. The van der Waals surface area contributed by atoms with Crippen molar-refractivity contribution in [3.05, 3.63) is 0 Å². The number of hydrogen-bond donors (Lipinski definition) is 0. The molecular weight excluding hydrogens is 148 g/mol. The molecule has 0 atom stereocenters. The molecule has 1 rings (SSSR count). The third kappa shape index (κ3) is 2.83. The van der Waals surface area contributed by atoms with Gasteiger partial charge in [0.25, 0.3) is 0 Å². The normalized spacial score (nSPS) is 20.4. The Balaban J connectivity index is 2.35. The van der Waals surface area contributed by atoms with E-state index in [0.717, 1.165) is 6.54 Å². The standard InChI is InChI=1S/C10H18N2/c1-10(2,8-11)9-12-6-4-3-5-7-12/h3-7,9H2,1-2H3. The molecule has 0 aromatic heterocycles. The number of nitrogens with zero attached hydrogens (tertiary/aromatic N) is 2. The van der Waals surface area contributed by atoms with Crippen molar-refractivity contribution in [1.82, 2.24) is 4.90 Å². The molecule has 0 aliphatic carbocycles. The van der Waals surface area contributed by atoms with Crippen molar-refractivity contribution in [2.24, 2.45) is 5.41 Å². The van der Waals surface area contributed by atoms with E-state index in [2.05, 4.69) is 11.0 Å². The first-order valence-electron chi connectivity index (χ1n) is 4.78. The molecule has 68 valence electrons. The van der Waals surface area contributed by atoms with Gasteiger partial charge < -0.3 is 4.90 Å². The molecule has 0 radical (unpaired) electrons. The van der Waals surface area contributed by atoms with Crippen LogP contribution < -0.4 is 0 Å². The number of hydrogen-bond acceptors (Lipinski definition) is 2. The molecule has 0 spiro atoms. The van der Waals surface area contributed by atoms with Crippen molar-refractivity contribution in [2.75, 3.05) is 19.6 Å². The topological polar surface area (TPSA) is 27.0 Å². The predicted octanol–water partition coefficient (Wildman–Crippen LogP) is 2.02. The van der Waals surface area contributed by atoms with Crippen molar-refractivity contribution in [1.29, 1.82) is 5.26 Å². The number of piperidine rings is 1. The Hall–Kier alpha value is -0.550. The highest BCUT2D eigenvalue weighted by molar-refractivity contribution is 4.94. The SMILES string of the molecule is CC(C)(C#N)CN1CCCCC1. The molecule has 1 saturated heterocycles. The Bertz CT molecular complexity index is 173. The fraction of sp³-hybridized carbons (Fsp3) is 0.900. The van der Waals surface area contributed by atoms with Gasteiger partial charge in [0.05, 0.1) is 11.5 Å². The molecule has 0 bridgehead atoms. The summed E-state index contributed by atoms with van der Waals surface area (Å²) in [7, 11) is 0. The van der Waals surface area contributed by atoms with Crippen LogP contribution in [0.5, 0.6) is 0 Å². The van der Waals surface area contributed by atoms with Crippen LogP contribution in [-0.4, -0.2) is 24.5 Å². The molecule has 0 aromatic rings. The molecular formula is C10H18N2. The molecule has 12 heavy (non-hydrogen) atoms. The molecule has 0 unspecified atom stereocenters. The number of likely N-dealkylation sites (tertiary alicyclic amines) is 1. The molecule has 0 amide bonds. The first kappa shape index (κ1) is 9.54. The second-order valence-corrected chi connectivity index (χ2v) is 4.33. The van der Waals surface area contributed by atoms with Crippen molar-refractivity contribution >= 4 is 0 Å². The number of nitriles is 1. The van der Waals surface area contributed by atoms with Gasteiger partial charge in [0.2, 0.25) is 0 Å². The summed E-state index contributed by atoms with van der Waals surface area (Å²) in [6, 6.07) is 2.35. The van der Waals surface area contributed by atoms with Crippen LogP contribution in [0.2, 0.25) is 0 Å². The maximum Gasteiger partial charge on any atom is 0.0697 e. The second-order valence-electron chi connectivity index (χ2n) is 4.33. The van der Waals surface area contributed by atoms with Gasteiger partial charge in [-0.25, -0.2) is 0 Å². The zero-order valence-corrected chi connectivity index (χ0v) is 8.14. The van der Waals surface area contributed by atoms with Crippen LogP contribution in [-0.2, 0) is 0 Å². The van der Waals surface area contributed by atoms with Gasteiger partial charge >= 0.3 is 0 Å². The van der Waals surface area contributed by atoms with Crippen LogP contribution in [0.25, 0.3) is 0 Å². The Labute approximate surface area is 75.2 Å². The summed E-state index contributed by atoms with van der Waals surface area (Å²) in [4.78, 5) is 2.41. The van der Waals surface area contributed by atoms with Crippen LogP contribution in [0.1, 0.15) is 33.1 Å². The summed E-state index contributed by atoms with van der Waals surface area (Å²) in [5, 5.41) is 8.85. The van der Waals surface area contributed by atoms with Crippen LogP contribution in [0, 0.1) is 16.7 Å². The summed E-state index contributed by atoms with van der Waals surface area (Å²) in [5.41, 5.74) is -0.169. The van der Waals surface area contributed by atoms with Crippen LogP contribution in [0.3, 0.4) is 0 Å². The second kappa shape index (κ2) is 3.91. The van der Waals surface area contributed by atoms with E-state index in [4.69, 9.17) is 5.26 Å². The predicted molar refractivity (Wildman–Crippen MR) is 49.7 cm³/mol. The monoisotopic (exact) mass is 166 g/mol. The van der Waals surface area contributed by atoms with Gasteiger partial charge in [0, 0.05) is 6.54 Å². The van der Waals surface area contributed by atoms with Gasteiger partial charge in [-0.05, 0) is 39.8 Å². The lowest BCUT2D eigenvalue weighted by Gasteiger charge is -2.30. The van der Waals surface area contributed by atoms with Crippen molar-refractivity contribution in [3.63, 3.8) is 0 Å². The Morgan fingerprint density at radius 2 is 1.83 bits per heavy atom. The summed E-state index contributed by atoms with van der Waals surface area (Å²) in [6.07, 6.45) is 3.98. The molecule has 0 aromatic carbocycles. The maximum atomic E-state index is 8.85. The molecule has 1 heterocycles. The fourth-order valence-electron chi connectivity index (χ4n) is 1.71. The lowest BCUT2D eigenvalue weighted by molar-refractivity contribution is 0.182. The lowest BCUT2D eigenvalue weighted by atomic mass is 9.94. The zero-order valence-electron chi connectivity index (χ0n) is 8.14. The average molecular weight is 166 g/mol. The number of rotatable bonds is 2. The van der Waals surface area contributed by atoms with Gasteiger partial charge in [-0.2, -0.15) is 5.26 Å². The third-order valence-corrected chi connectivity index (χ3v) is 2.37. The molecule has 1 fully saturated rings. The van der Waals surface area contributed by atoms with Crippen molar-refractivity contribution in [2.45, 2.75) is 33.1 Å². The minimum Gasteiger partial charge on any atom is -0.302 e. The van der Waals surface area contributed by atoms with E-state index in [-0.39, 0.29) is 5.41 Å². The molecule has 2 nitrogen and oxygen atoms in total. The first-order valence-corrected chi connectivity index (χ1v) is 4.78. The Kier molecular flexibility index (Phi) is 3.11. The van der Waals surface area contributed by atoms with Crippen LogP contribution in [0.15, 0.2) is 0 Å². The highest BCUT2D eigenvalue weighted by atomic mass is 15.1. The molecule has 0 N–H and O–H groups in total. The minimum atomic E-state index is -0.169. The zero-order chi connectivity index (χ0) is 9.03. The minimum absolute atomic E-state index is 0.169. The van der Waals surface area contributed by atoms with E-state index in [1.54, 1.807) is 0 Å². The molecule has 0 saturated carbocycles. The van der Waals surface area contributed by atoms with E-state index in [0.29, 0.717) is 0 Å². The third-order valence-electron chi connectivity index (χ3n) is 2.37. The van der Waals surface area contributed by atoms with Crippen molar-refractivity contribution in [3.8, 4) is 6.07 Å². The summed E-state index contributed by atoms with van der Waals surface area (Å²) >= 11 is 0. The fourth-order valence-corrected chi connectivity index (χ4v) is 1.71. The first-order chi connectivity index (χ1) is 5.64. The Morgan fingerprint density at radius 1 is 1.25 bits per heavy atom. The molecule has 1 aliphatic heterocycles. The summed E-state index contributed by atoms with van der Waals surface area (Å²) in [6.45, 7) is 7.34. The van der Waals surface area contributed by atoms with E-state index in [1.807, 2.05) is 13.8 Å². The largest absolute Gasteiger partial charge is 0.302 e. The van der Waals surface area contributed by atoms with Crippen LogP contribution >= 0.6 is 0 Å². The van der Waals surface area contributed by atoms with Gasteiger partial charge in [0.15, 0.2) is 0 Å². The maximum absolute atomic E-state index is 8.85. The Morgan fingerprint density at radius 3 is 2.33 bits per heavy atom. The summed E-state index contributed by atoms with van der Waals surface area (Å²) < 4.78 is 0.